The molecule has 0 saturated heterocycles. The van der Waals surface area contributed by atoms with E-state index in [0.717, 1.165) is 43.7 Å². The van der Waals surface area contributed by atoms with E-state index < -0.39 is 0 Å². The first-order valence-electron chi connectivity index (χ1n) is 7.41. The minimum absolute atomic E-state index is 0.342. The van der Waals surface area contributed by atoms with E-state index in [0.29, 0.717) is 6.04 Å². The summed E-state index contributed by atoms with van der Waals surface area (Å²) in [5.41, 5.74) is 3.18. The number of hydrogen-bond acceptors (Lipinski definition) is 4. The second-order valence-electron chi connectivity index (χ2n) is 5.83. The molecule has 1 heterocycles. The second kappa shape index (κ2) is 6.23. The van der Waals surface area contributed by atoms with Crippen LogP contribution in [0.4, 0.5) is 5.82 Å². The molecule has 1 aromatic heterocycles. The quantitative estimate of drug-likeness (QED) is 0.824. The van der Waals surface area contributed by atoms with Crippen molar-refractivity contribution in [1.29, 1.82) is 5.26 Å². The van der Waals surface area contributed by atoms with Gasteiger partial charge in [-0.05, 0) is 58.8 Å². The van der Waals surface area contributed by atoms with Crippen LogP contribution in [0.5, 0.6) is 0 Å². The third kappa shape index (κ3) is 2.94. The number of fused-ring (bicyclic) bond motifs is 1. The van der Waals surface area contributed by atoms with Crippen LogP contribution < -0.4 is 4.90 Å². The Balaban J connectivity index is 2.36. The van der Waals surface area contributed by atoms with Crippen LogP contribution >= 0.6 is 0 Å². The SMILES string of the molecule is CCN(c1nc2c(cc1C#N)CCC2)C(C)CN(C)C. The van der Waals surface area contributed by atoms with Gasteiger partial charge in [-0.25, -0.2) is 4.98 Å². The van der Waals surface area contributed by atoms with E-state index in [9.17, 15) is 5.26 Å². The molecule has 1 aliphatic carbocycles. The zero-order valence-corrected chi connectivity index (χ0v) is 13.0. The molecule has 0 N–H and O–H groups in total. The van der Waals surface area contributed by atoms with Crippen molar-refractivity contribution >= 4 is 5.82 Å². The topological polar surface area (TPSA) is 43.2 Å². The molecule has 0 aromatic carbocycles. The van der Waals surface area contributed by atoms with Gasteiger partial charge in [0.2, 0.25) is 0 Å². The van der Waals surface area contributed by atoms with Gasteiger partial charge in [-0.3, -0.25) is 0 Å². The average molecular weight is 272 g/mol. The summed E-state index contributed by atoms with van der Waals surface area (Å²) in [6, 6.07) is 4.72. The summed E-state index contributed by atoms with van der Waals surface area (Å²) in [5, 5.41) is 9.43. The molecule has 2 rings (SSSR count). The second-order valence-corrected chi connectivity index (χ2v) is 5.83. The molecule has 0 bridgehead atoms. The molecule has 1 atom stereocenters. The number of pyridine rings is 1. The molecule has 20 heavy (non-hydrogen) atoms. The van der Waals surface area contributed by atoms with Gasteiger partial charge >= 0.3 is 0 Å². The van der Waals surface area contributed by atoms with Crippen LogP contribution in [-0.4, -0.2) is 43.1 Å². The van der Waals surface area contributed by atoms with Gasteiger partial charge in [-0.2, -0.15) is 5.26 Å². The highest BCUT2D eigenvalue weighted by atomic mass is 15.2. The van der Waals surface area contributed by atoms with Gasteiger partial charge in [0.15, 0.2) is 0 Å². The summed E-state index contributed by atoms with van der Waals surface area (Å²) in [4.78, 5) is 9.23. The van der Waals surface area contributed by atoms with Crippen LogP contribution in [-0.2, 0) is 12.8 Å². The van der Waals surface area contributed by atoms with Crippen molar-refractivity contribution in [3.8, 4) is 6.07 Å². The minimum atomic E-state index is 0.342. The fourth-order valence-electron chi connectivity index (χ4n) is 3.06. The summed E-state index contributed by atoms with van der Waals surface area (Å²) in [6.07, 6.45) is 3.28. The summed E-state index contributed by atoms with van der Waals surface area (Å²) in [7, 11) is 4.15. The number of aryl methyl sites for hydroxylation is 2. The summed E-state index contributed by atoms with van der Waals surface area (Å²) >= 11 is 0. The maximum Gasteiger partial charge on any atom is 0.147 e. The Labute approximate surface area is 122 Å². The van der Waals surface area contributed by atoms with Crippen LogP contribution in [0.15, 0.2) is 6.07 Å². The van der Waals surface area contributed by atoms with Crippen molar-refractivity contribution in [2.75, 3.05) is 32.1 Å². The number of nitrogens with zero attached hydrogens (tertiary/aromatic N) is 4. The molecule has 0 aliphatic heterocycles. The Morgan fingerprint density at radius 3 is 2.75 bits per heavy atom. The predicted molar refractivity (Wildman–Crippen MR) is 82.0 cm³/mol. The molecule has 108 valence electrons. The number of hydrogen-bond donors (Lipinski definition) is 0. The zero-order chi connectivity index (χ0) is 14.7. The summed E-state index contributed by atoms with van der Waals surface area (Å²) in [5.74, 6) is 0.866. The third-order valence-electron chi connectivity index (χ3n) is 3.93. The molecule has 4 heteroatoms. The predicted octanol–water partition coefficient (Wildman–Crippen LogP) is 2.22. The molecular formula is C16H24N4. The van der Waals surface area contributed by atoms with Crippen LogP contribution in [0.3, 0.4) is 0 Å². The Hall–Kier alpha value is -1.60. The maximum atomic E-state index is 9.43. The van der Waals surface area contributed by atoms with E-state index in [4.69, 9.17) is 4.98 Å². The highest BCUT2D eigenvalue weighted by Gasteiger charge is 2.22. The molecular weight excluding hydrogens is 248 g/mol. The van der Waals surface area contributed by atoms with Crippen molar-refractivity contribution in [1.82, 2.24) is 9.88 Å². The van der Waals surface area contributed by atoms with Crippen LogP contribution in [0.25, 0.3) is 0 Å². The molecule has 0 spiro atoms. The highest BCUT2D eigenvalue weighted by Crippen LogP contribution is 2.28. The fourth-order valence-corrected chi connectivity index (χ4v) is 3.06. The number of aromatic nitrogens is 1. The molecule has 1 aromatic rings. The lowest BCUT2D eigenvalue weighted by molar-refractivity contribution is 0.372. The van der Waals surface area contributed by atoms with E-state index in [1.54, 1.807) is 0 Å². The van der Waals surface area contributed by atoms with Crippen LogP contribution in [0.1, 0.15) is 37.1 Å². The monoisotopic (exact) mass is 272 g/mol. The smallest absolute Gasteiger partial charge is 0.147 e. The number of likely N-dealkylation sites (N-methyl/N-ethyl adjacent to an activating group) is 2. The number of nitriles is 1. The lowest BCUT2D eigenvalue weighted by Gasteiger charge is -2.32. The van der Waals surface area contributed by atoms with Crippen molar-refractivity contribution in [2.45, 2.75) is 39.2 Å². The van der Waals surface area contributed by atoms with Crippen LogP contribution in [0.2, 0.25) is 0 Å². The summed E-state index contributed by atoms with van der Waals surface area (Å²) in [6.45, 7) is 6.15. The normalized spacial score (nSPS) is 15.0. The summed E-state index contributed by atoms with van der Waals surface area (Å²) < 4.78 is 0. The van der Waals surface area contributed by atoms with E-state index in [1.165, 1.54) is 11.3 Å². The third-order valence-corrected chi connectivity index (χ3v) is 3.93. The van der Waals surface area contributed by atoms with Gasteiger partial charge in [-0.15, -0.1) is 0 Å². The van der Waals surface area contributed by atoms with Crippen molar-refractivity contribution < 1.29 is 0 Å². The van der Waals surface area contributed by atoms with E-state index in [2.05, 4.69) is 49.9 Å². The van der Waals surface area contributed by atoms with Crippen LogP contribution in [0, 0.1) is 11.3 Å². The van der Waals surface area contributed by atoms with Crippen molar-refractivity contribution in [3.63, 3.8) is 0 Å². The van der Waals surface area contributed by atoms with Gasteiger partial charge < -0.3 is 9.80 Å². The first-order chi connectivity index (χ1) is 9.56. The average Bonchev–Trinajstić information content (AvgIpc) is 2.84. The zero-order valence-electron chi connectivity index (χ0n) is 13.0. The molecule has 0 saturated carbocycles. The standard InChI is InChI=1S/C16H24N4/c1-5-20(12(2)11-19(3)4)16-14(10-17)9-13-7-6-8-15(13)18-16/h9,12H,5-8,11H2,1-4H3. The lowest BCUT2D eigenvalue weighted by atomic mass is 10.1. The molecule has 0 amide bonds. The van der Waals surface area contributed by atoms with E-state index in [-0.39, 0.29) is 0 Å². The molecule has 1 aliphatic rings. The van der Waals surface area contributed by atoms with Crippen molar-refractivity contribution in [3.05, 3.63) is 22.9 Å². The maximum absolute atomic E-state index is 9.43. The van der Waals surface area contributed by atoms with Gasteiger partial charge in [0.05, 0.1) is 5.56 Å². The Bertz CT molecular complexity index is 516. The molecule has 0 fully saturated rings. The Morgan fingerprint density at radius 2 is 2.15 bits per heavy atom. The van der Waals surface area contributed by atoms with Gasteiger partial charge in [0, 0.05) is 24.8 Å². The van der Waals surface area contributed by atoms with Crippen molar-refractivity contribution in [2.24, 2.45) is 0 Å². The largest absolute Gasteiger partial charge is 0.352 e. The first kappa shape index (κ1) is 14.8. The Kier molecular flexibility index (Phi) is 4.61. The van der Waals surface area contributed by atoms with E-state index in [1.807, 2.05) is 0 Å². The molecule has 0 radical (unpaired) electrons. The fraction of sp³-hybridized carbons (Fsp3) is 0.625. The first-order valence-corrected chi connectivity index (χ1v) is 7.41. The van der Waals surface area contributed by atoms with Gasteiger partial charge in [0.1, 0.15) is 11.9 Å². The van der Waals surface area contributed by atoms with E-state index >= 15 is 0 Å². The Morgan fingerprint density at radius 1 is 1.40 bits per heavy atom. The minimum Gasteiger partial charge on any atom is -0.352 e. The number of rotatable bonds is 5. The lowest BCUT2D eigenvalue weighted by Crippen LogP contribution is -2.41. The molecule has 1 unspecified atom stereocenters. The van der Waals surface area contributed by atoms with Gasteiger partial charge in [0.25, 0.3) is 0 Å². The molecule has 4 nitrogen and oxygen atoms in total. The number of anilines is 1. The van der Waals surface area contributed by atoms with Gasteiger partial charge in [-0.1, -0.05) is 0 Å². The highest BCUT2D eigenvalue weighted by molar-refractivity contribution is 5.57.